The van der Waals surface area contributed by atoms with Crippen LogP contribution >= 0.6 is 0 Å². The van der Waals surface area contributed by atoms with Crippen molar-refractivity contribution < 1.29 is 9.53 Å². The Morgan fingerprint density at radius 3 is 3.00 bits per heavy atom. The number of hydrogen-bond donors (Lipinski definition) is 2. The topological polar surface area (TPSA) is 97.2 Å². The Labute approximate surface area is 160 Å². The van der Waals surface area contributed by atoms with Crippen LogP contribution in [-0.4, -0.2) is 37.6 Å². The summed E-state index contributed by atoms with van der Waals surface area (Å²) in [7, 11) is 1.37. The maximum Gasteiger partial charge on any atom is 0.337 e. The van der Waals surface area contributed by atoms with Crippen LogP contribution in [0.4, 0.5) is 11.8 Å². The summed E-state index contributed by atoms with van der Waals surface area (Å²) in [6, 6.07) is 11.1. The zero-order valence-corrected chi connectivity index (χ0v) is 15.2. The van der Waals surface area contributed by atoms with E-state index in [0.29, 0.717) is 28.9 Å². The highest BCUT2D eigenvalue weighted by Gasteiger charge is 2.25. The number of benzene rings is 1. The molecule has 0 amide bonds. The molecule has 1 aromatic carbocycles. The molecule has 0 bridgehead atoms. The summed E-state index contributed by atoms with van der Waals surface area (Å²) in [5, 5.41) is 10.7. The molecular formula is C20H18N6O2. The highest BCUT2D eigenvalue weighted by molar-refractivity contribution is 5.90. The number of fused-ring (bicyclic) bond motifs is 1. The second kappa shape index (κ2) is 6.49. The second-order valence-electron chi connectivity index (χ2n) is 6.80. The van der Waals surface area contributed by atoms with Gasteiger partial charge in [0.05, 0.1) is 18.4 Å². The van der Waals surface area contributed by atoms with Crippen LogP contribution in [0, 0.1) is 0 Å². The molecule has 28 heavy (non-hydrogen) atoms. The maximum absolute atomic E-state index is 11.9. The minimum atomic E-state index is -0.383. The van der Waals surface area contributed by atoms with Gasteiger partial charge in [0.1, 0.15) is 5.65 Å². The zero-order chi connectivity index (χ0) is 19.1. The molecule has 1 aliphatic carbocycles. The Bertz CT molecular complexity index is 1170. The molecule has 0 spiro atoms. The smallest absolute Gasteiger partial charge is 0.337 e. The standard InChI is InChI=1S/C20H18N6O2/c1-28-19(27)14-4-2-3-13(9-14)15-11-18-21-7-8-26(18)20(22-15)23-17-10-16(24-25-17)12-5-6-12/h2-4,7-12H,5-6H2,1H3,(H2,22,23,24,25). The fourth-order valence-electron chi connectivity index (χ4n) is 3.20. The van der Waals surface area contributed by atoms with Crippen LogP contribution in [0.1, 0.15) is 34.8 Å². The molecule has 5 rings (SSSR count). The number of imidazole rings is 1. The first kappa shape index (κ1) is 16.5. The van der Waals surface area contributed by atoms with E-state index >= 15 is 0 Å². The van der Waals surface area contributed by atoms with Gasteiger partial charge in [-0.1, -0.05) is 12.1 Å². The molecule has 0 unspecified atom stereocenters. The highest BCUT2D eigenvalue weighted by Crippen LogP contribution is 2.39. The number of anilines is 2. The third-order valence-corrected chi connectivity index (χ3v) is 4.82. The molecule has 8 nitrogen and oxygen atoms in total. The monoisotopic (exact) mass is 374 g/mol. The van der Waals surface area contributed by atoms with Crippen LogP contribution in [0.15, 0.2) is 48.8 Å². The lowest BCUT2D eigenvalue weighted by Gasteiger charge is -2.09. The number of H-pyrrole nitrogens is 1. The average Bonchev–Trinajstić information content (AvgIpc) is 3.28. The summed E-state index contributed by atoms with van der Waals surface area (Å²) < 4.78 is 6.67. The normalized spacial score (nSPS) is 13.6. The van der Waals surface area contributed by atoms with E-state index in [4.69, 9.17) is 9.72 Å². The Morgan fingerprint density at radius 1 is 1.29 bits per heavy atom. The van der Waals surface area contributed by atoms with Gasteiger partial charge in [-0.05, 0) is 25.0 Å². The molecule has 1 fully saturated rings. The summed E-state index contributed by atoms with van der Waals surface area (Å²) in [6.45, 7) is 0. The van der Waals surface area contributed by atoms with Gasteiger partial charge in [-0.2, -0.15) is 5.10 Å². The maximum atomic E-state index is 11.9. The lowest BCUT2D eigenvalue weighted by atomic mass is 10.1. The van der Waals surface area contributed by atoms with Crippen LogP contribution in [0.5, 0.6) is 0 Å². The van der Waals surface area contributed by atoms with Crippen LogP contribution < -0.4 is 5.32 Å². The number of methoxy groups -OCH3 is 1. The second-order valence-corrected chi connectivity index (χ2v) is 6.80. The van der Waals surface area contributed by atoms with E-state index in [1.165, 1.54) is 20.0 Å². The molecular weight excluding hydrogens is 356 g/mol. The third kappa shape index (κ3) is 2.98. The van der Waals surface area contributed by atoms with E-state index in [2.05, 4.69) is 20.5 Å². The van der Waals surface area contributed by atoms with E-state index in [1.54, 1.807) is 18.3 Å². The number of carbonyl (C=O) groups is 1. The minimum Gasteiger partial charge on any atom is -0.465 e. The Balaban J connectivity index is 1.54. The quantitative estimate of drug-likeness (QED) is 0.519. The first-order valence-electron chi connectivity index (χ1n) is 9.06. The van der Waals surface area contributed by atoms with E-state index in [9.17, 15) is 4.79 Å². The lowest BCUT2D eigenvalue weighted by Crippen LogP contribution is -2.04. The average molecular weight is 374 g/mol. The molecule has 1 saturated carbocycles. The molecule has 0 radical (unpaired) electrons. The van der Waals surface area contributed by atoms with Crippen molar-refractivity contribution in [1.29, 1.82) is 0 Å². The minimum absolute atomic E-state index is 0.383. The SMILES string of the molecule is COC(=O)c1cccc(-c2cc3nccn3c(Nc3cc(C4CC4)[nH]n3)n2)c1. The number of rotatable bonds is 5. The first-order chi connectivity index (χ1) is 13.7. The summed E-state index contributed by atoms with van der Waals surface area (Å²) in [6.07, 6.45) is 5.97. The molecule has 8 heteroatoms. The van der Waals surface area contributed by atoms with Gasteiger partial charge in [-0.25, -0.2) is 14.8 Å². The number of nitrogens with zero attached hydrogens (tertiary/aromatic N) is 4. The van der Waals surface area contributed by atoms with Crippen molar-refractivity contribution >= 4 is 23.4 Å². The Morgan fingerprint density at radius 2 is 2.18 bits per heavy atom. The van der Waals surface area contributed by atoms with Crippen molar-refractivity contribution in [2.75, 3.05) is 12.4 Å². The van der Waals surface area contributed by atoms with E-state index in [0.717, 1.165) is 16.9 Å². The fourth-order valence-corrected chi connectivity index (χ4v) is 3.20. The molecule has 0 aliphatic heterocycles. The van der Waals surface area contributed by atoms with Crippen molar-refractivity contribution in [2.24, 2.45) is 0 Å². The number of nitrogens with one attached hydrogen (secondary N) is 2. The molecule has 1 aliphatic rings. The van der Waals surface area contributed by atoms with E-state index in [1.807, 2.05) is 34.9 Å². The molecule has 0 saturated heterocycles. The highest BCUT2D eigenvalue weighted by atomic mass is 16.5. The summed E-state index contributed by atoms with van der Waals surface area (Å²) in [4.78, 5) is 21.0. The van der Waals surface area contributed by atoms with Crippen molar-refractivity contribution in [3.05, 3.63) is 60.0 Å². The Kier molecular flexibility index (Phi) is 3.82. The van der Waals surface area contributed by atoms with Crippen LogP contribution in [0.2, 0.25) is 0 Å². The number of aromatic nitrogens is 5. The zero-order valence-electron chi connectivity index (χ0n) is 15.2. The van der Waals surface area contributed by atoms with Crippen LogP contribution in [0.25, 0.3) is 16.9 Å². The molecule has 3 aromatic heterocycles. The predicted octanol–water partition coefficient (Wildman–Crippen LogP) is 3.53. The molecule has 140 valence electrons. The van der Waals surface area contributed by atoms with Gasteiger partial charge in [0.25, 0.3) is 0 Å². The van der Waals surface area contributed by atoms with Gasteiger partial charge in [0.2, 0.25) is 5.95 Å². The lowest BCUT2D eigenvalue weighted by molar-refractivity contribution is 0.0601. The largest absolute Gasteiger partial charge is 0.465 e. The first-order valence-corrected chi connectivity index (χ1v) is 9.06. The summed E-state index contributed by atoms with van der Waals surface area (Å²) >= 11 is 0. The van der Waals surface area contributed by atoms with Crippen molar-refractivity contribution in [1.82, 2.24) is 24.6 Å². The molecule has 2 N–H and O–H groups in total. The predicted molar refractivity (Wildman–Crippen MR) is 104 cm³/mol. The van der Waals surface area contributed by atoms with E-state index in [-0.39, 0.29) is 5.97 Å². The van der Waals surface area contributed by atoms with Gasteiger partial charge >= 0.3 is 5.97 Å². The van der Waals surface area contributed by atoms with Crippen molar-refractivity contribution in [2.45, 2.75) is 18.8 Å². The summed E-state index contributed by atoms with van der Waals surface area (Å²) in [5.41, 5.74) is 3.86. The third-order valence-electron chi connectivity index (χ3n) is 4.82. The Hall–Kier alpha value is -3.68. The van der Waals surface area contributed by atoms with Gasteiger partial charge in [0.15, 0.2) is 5.82 Å². The molecule has 3 heterocycles. The fraction of sp³-hybridized carbons (Fsp3) is 0.200. The van der Waals surface area contributed by atoms with Crippen molar-refractivity contribution in [3.63, 3.8) is 0 Å². The van der Waals surface area contributed by atoms with Gasteiger partial charge in [-0.3, -0.25) is 9.50 Å². The van der Waals surface area contributed by atoms with Crippen molar-refractivity contribution in [3.8, 4) is 11.3 Å². The van der Waals surface area contributed by atoms with Gasteiger partial charge in [0, 0.05) is 41.7 Å². The van der Waals surface area contributed by atoms with Crippen LogP contribution in [0.3, 0.4) is 0 Å². The number of esters is 1. The number of ether oxygens (including phenoxy) is 1. The number of hydrogen-bond acceptors (Lipinski definition) is 6. The summed E-state index contributed by atoms with van der Waals surface area (Å²) in [5.74, 6) is 1.52. The van der Waals surface area contributed by atoms with Gasteiger partial charge in [-0.15, -0.1) is 0 Å². The van der Waals surface area contributed by atoms with Gasteiger partial charge < -0.3 is 10.1 Å². The van der Waals surface area contributed by atoms with E-state index < -0.39 is 0 Å². The number of carbonyl (C=O) groups excluding carboxylic acids is 1. The molecule has 0 atom stereocenters. The molecule has 4 aromatic rings. The van der Waals surface area contributed by atoms with Crippen LogP contribution in [-0.2, 0) is 4.74 Å². The number of aromatic amines is 1.